The van der Waals surface area contributed by atoms with Crippen molar-refractivity contribution in [3.63, 3.8) is 0 Å². The Hall–Kier alpha value is -2.85. The molecule has 0 radical (unpaired) electrons. The molecule has 0 saturated heterocycles. The molecule has 0 bridgehead atoms. The van der Waals surface area contributed by atoms with Gasteiger partial charge in [-0.3, -0.25) is 4.79 Å². The summed E-state index contributed by atoms with van der Waals surface area (Å²) >= 11 is 0. The van der Waals surface area contributed by atoms with Crippen LogP contribution in [0.1, 0.15) is 48.3 Å². The predicted molar refractivity (Wildman–Crippen MR) is 106 cm³/mol. The Kier molecular flexibility index (Phi) is 5.76. The highest BCUT2D eigenvalue weighted by atomic mass is 19.4. The molecule has 172 valence electrons. The molecule has 6 nitrogen and oxygen atoms in total. The van der Waals surface area contributed by atoms with Crippen molar-refractivity contribution in [2.24, 2.45) is 5.92 Å². The molecule has 1 amide bonds. The standard InChI is InChI=1S/C21H22F5N5O/c1-12-5-16-15(29-18(12)30-17(32)6-13-7-20(22,23)8-13)3-2-4-31(16)11-14-9-27-19(28-10-14)21(24,25)26/h5,9-10,13H,2-4,6-8,11H2,1H3,(H,29,30,32). The lowest BCUT2D eigenvalue weighted by atomic mass is 9.79. The molecule has 0 unspecified atom stereocenters. The number of nitrogens with zero attached hydrogens (tertiary/aromatic N) is 4. The molecule has 1 aliphatic heterocycles. The third-order valence-corrected chi connectivity index (χ3v) is 5.69. The lowest BCUT2D eigenvalue weighted by molar-refractivity contribution is -0.145. The fourth-order valence-corrected chi connectivity index (χ4v) is 4.12. The van der Waals surface area contributed by atoms with Crippen LogP contribution in [0.15, 0.2) is 18.5 Å². The lowest BCUT2D eigenvalue weighted by Gasteiger charge is -2.34. The van der Waals surface area contributed by atoms with Crippen molar-refractivity contribution in [3.05, 3.63) is 41.1 Å². The van der Waals surface area contributed by atoms with Gasteiger partial charge in [0.05, 0.1) is 11.4 Å². The molecule has 1 saturated carbocycles. The summed E-state index contributed by atoms with van der Waals surface area (Å²) in [6.07, 6.45) is -1.26. The average Bonchev–Trinajstić information content (AvgIpc) is 2.67. The molecule has 0 aromatic carbocycles. The zero-order valence-corrected chi connectivity index (χ0v) is 17.3. The van der Waals surface area contributed by atoms with Crippen LogP contribution in [0, 0.1) is 12.8 Å². The Bertz CT molecular complexity index is 1000. The van der Waals surface area contributed by atoms with Gasteiger partial charge in [0.2, 0.25) is 17.7 Å². The number of amides is 1. The van der Waals surface area contributed by atoms with E-state index < -0.39 is 17.9 Å². The number of aromatic nitrogens is 3. The normalized spacial score (nSPS) is 18.1. The van der Waals surface area contributed by atoms with Crippen molar-refractivity contribution >= 4 is 17.4 Å². The fraction of sp³-hybridized carbons (Fsp3) is 0.524. The minimum absolute atomic E-state index is 0.0356. The molecule has 0 atom stereocenters. The molecule has 11 heteroatoms. The van der Waals surface area contributed by atoms with Gasteiger partial charge in [0.25, 0.3) is 0 Å². The summed E-state index contributed by atoms with van der Waals surface area (Å²) in [5.74, 6) is -4.09. The second kappa shape index (κ2) is 8.25. The molecule has 1 aliphatic carbocycles. The maximum atomic E-state index is 13.0. The monoisotopic (exact) mass is 455 g/mol. The van der Waals surface area contributed by atoms with Gasteiger partial charge in [0.15, 0.2) is 0 Å². The van der Waals surface area contributed by atoms with Gasteiger partial charge >= 0.3 is 6.18 Å². The first-order valence-corrected chi connectivity index (χ1v) is 10.3. The van der Waals surface area contributed by atoms with Gasteiger partial charge in [-0.25, -0.2) is 23.7 Å². The van der Waals surface area contributed by atoms with Gasteiger partial charge in [0, 0.05) is 50.3 Å². The summed E-state index contributed by atoms with van der Waals surface area (Å²) in [5.41, 5.74) is 2.86. The van der Waals surface area contributed by atoms with Crippen LogP contribution in [-0.4, -0.2) is 33.3 Å². The van der Waals surface area contributed by atoms with Gasteiger partial charge < -0.3 is 10.2 Å². The molecule has 1 fully saturated rings. The van der Waals surface area contributed by atoms with Crippen LogP contribution in [0.5, 0.6) is 0 Å². The van der Waals surface area contributed by atoms with Crippen LogP contribution in [0.25, 0.3) is 0 Å². The number of aryl methyl sites for hydroxylation is 2. The van der Waals surface area contributed by atoms with E-state index in [2.05, 4.69) is 20.3 Å². The first-order chi connectivity index (χ1) is 15.0. The molecular weight excluding hydrogens is 433 g/mol. The van der Waals surface area contributed by atoms with E-state index in [0.29, 0.717) is 36.5 Å². The average molecular weight is 455 g/mol. The smallest absolute Gasteiger partial charge is 0.366 e. The van der Waals surface area contributed by atoms with E-state index in [1.807, 2.05) is 11.0 Å². The third kappa shape index (κ3) is 4.97. The van der Waals surface area contributed by atoms with Crippen molar-refractivity contribution in [2.45, 2.75) is 57.7 Å². The lowest BCUT2D eigenvalue weighted by Crippen LogP contribution is -2.37. The summed E-state index contributed by atoms with van der Waals surface area (Å²) in [7, 11) is 0. The third-order valence-electron chi connectivity index (χ3n) is 5.69. The zero-order chi connectivity index (χ0) is 23.1. The molecule has 3 heterocycles. The minimum Gasteiger partial charge on any atom is -0.366 e. The maximum Gasteiger partial charge on any atom is 0.451 e. The van der Waals surface area contributed by atoms with Gasteiger partial charge in [-0.1, -0.05) is 0 Å². The van der Waals surface area contributed by atoms with E-state index in [1.165, 1.54) is 12.4 Å². The summed E-state index contributed by atoms with van der Waals surface area (Å²) < 4.78 is 64.0. The van der Waals surface area contributed by atoms with Crippen LogP contribution in [0.4, 0.5) is 33.5 Å². The number of hydrogen-bond acceptors (Lipinski definition) is 5. The van der Waals surface area contributed by atoms with Gasteiger partial charge in [-0.05, 0) is 37.3 Å². The van der Waals surface area contributed by atoms with E-state index in [-0.39, 0.29) is 31.1 Å². The molecule has 4 rings (SSSR count). The highest BCUT2D eigenvalue weighted by Gasteiger charge is 2.45. The van der Waals surface area contributed by atoms with Crippen LogP contribution < -0.4 is 10.2 Å². The number of anilines is 2. The van der Waals surface area contributed by atoms with Crippen LogP contribution in [-0.2, 0) is 23.9 Å². The number of fused-ring (bicyclic) bond motifs is 1. The number of carbonyl (C=O) groups is 1. The second-order valence-corrected chi connectivity index (χ2v) is 8.44. The Morgan fingerprint density at radius 3 is 2.56 bits per heavy atom. The summed E-state index contributed by atoms with van der Waals surface area (Å²) in [6.45, 7) is 2.80. The molecule has 2 aromatic heterocycles. The van der Waals surface area contributed by atoms with E-state index >= 15 is 0 Å². The molecule has 2 aliphatic rings. The Balaban J connectivity index is 1.44. The molecular formula is C21H22F5N5O. The fourth-order valence-electron chi connectivity index (χ4n) is 4.12. The summed E-state index contributed by atoms with van der Waals surface area (Å²) in [6, 6.07) is 1.87. The van der Waals surface area contributed by atoms with E-state index in [9.17, 15) is 26.7 Å². The topological polar surface area (TPSA) is 71.0 Å². The quantitative estimate of drug-likeness (QED) is 0.671. The molecule has 2 aromatic rings. The first-order valence-electron chi connectivity index (χ1n) is 10.3. The van der Waals surface area contributed by atoms with Crippen LogP contribution in [0.2, 0.25) is 0 Å². The SMILES string of the molecule is Cc1cc2c(nc1NC(=O)CC1CC(F)(F)C1)CCCN2Cc1cnc(C(F)(F)F)nc1. The van der Waals surface area contributed by atoms with Crippen molar-refractivity contribution in [3.8, 4) is 0 Å². The molecule has 0 spiro atoms. The Morgan fingerprint density at radius 2 is 1.94 bits per heavy atom. The summed E-state index contributed by atoms with van der Waals surface area (Å²) in [5, 5.41) is 2.73. The van der Waals surface area contributed by atoms with Crippen molar-refractivity contribution in [2.75, 3.05) is 16.8 Å². The highest BCUT2D eigenvalue weighted by molar-refractivity contribution is 5.91. The van der Waals surface area contributed by atoms with Crippen LogP contribution in [0.3, 0.4) is 0 Å². The zero-order valence-electron chi connectivity index (χ0n) is 17.3. The van der Waals surface area contributed by atoms with Crippen molar-refractivity contribution in [1.29, 1.82) is 0 Å². The van der Waals surface area contributed by atoms with Crippen LogP contribution >= 0.6 is 0 Å². The minimum atomic E-state index is -4.59. The van der Waals surface area contributed by atoms with E-state index in [1.54, 1.807) is 6.92 Å². The number of hydrogen-bond donors (Lipinski definition) is 1. The number of rotatable bonds is 5. The van der Waals surface area contributed by atoms with Crippen molar-refractivity contribution in [1.82, 2.24) is 15.0 Å². The number of nitrogens with one attached hydrogen (secondary N) is 1. The molecule has 1 N–H and O–H groups in total. The number of carbonyl (C=O) groups excluding carboxylic acids is 1. The largest absolute Gasteiger partial charge is 0.451 e. The van der Waals surface area contributed by atoms with Crippen molar-refractivity contribution < 1.29 is 26.7 Å². The van der Waals surface area contributed by atoms with E-state index in [0.717, 1.165) is 17.8 Å². The second-order valence-electron chi connectivity index (χ2n) is 8.44. The molecule has 32 heavy (non-hydrogen) atoms. The Morgan fingerprint density at radius 1 is 1.25 bits per heavy atom. The highest BCUT2D eigenvalue weighted by Crippen LogP contribution is 2.44. The predicted octanol–water partition coefficient (Wildman–Crippen LogP) is 4.53. The van der Waals surface area contributed by atoms with Gasteiger partial charge in [0.1, 0.15) is 5.82 Å². The Labute approximate surface area is 181 Å². The van der Waals surface area contributed by atoms with Gasteiger partial charge in [-0.15, -0.1) is 0 Å². The first kappa shape index (κ1) is 22.3. The maximum absolute atomic E-state index is 13.0. The number of pyridine rings is 1. The summed E-state index contributed by atoms with van der Waals surface area (Å²) in [4.78, 5) is 25.6. The number of alkyl halides is 5. The van der Waals surface area contributed by atoms with Gasteiger partial charge in [-0.2, -0.15) is 13.2 Å². The number of halogens is 5. The van der Waals surface area contributed by atoms with E-state index in [4.69, 9.17) is 0 Å².